The highest BCUT2D eigenvalue weighted by molar-refractivity contribution is 5.82. The van der Waals surface area contributed by atoms with E-state index < -0.39 is 0 Å². The van der Waals surface area contributed by atoms with Gasteiger partial charge in [0.2, 0.25) is 0 Å². The van der Waals surface area contributed by atoms with Crippen molar-refractivity contribution in [2.24, 2.45) is 0 Å². The number of anilines is 2. The Morgan fingerprint density at radius 3 is 2.57 bits per heavy atom. The second kappa shape index (κ2) is 5.77. The third-order valence-corrected chi connectivity index (χ3v) is 3.91. The third kappa shape index (κ3) is 2.66. The van der Waals surface area contributed by atoms with E-state index in [1.807, 2.05) is 12.1 Å². The molecule has 0 unspecified atom stereocenters. The van der Waals surface area contributed by atoms with Crippen molar-refractivity contribution in [2.45, 2.75) is 0 Å². The average Bonchev–Trinajstić information content (AvgIpc) is 2.63. The molecule has 7 heteroatoms. The fourth-order valence-electron chi connectivity index (χ4n) is 2.66. The van der Waals surface area contributed by atoms with Crippen molar-refractivity contribution in [2.75, 3.05) is 36.9 Å². The lowest BCUT2D eigenvalue weighted by molar-refractivity contribution is 0.122. The lowest BCUT2D eigenvalue weighted by Gasteiger charge is -2.28. The van der Waals surface area contributed by atoms with Gasteiger partial charge in [0.25, 0.3) is 0 Å². The molecule has 1 aliphatic rings. The zero-order chi connectivity index (χ0) is 15.6. The number of ether oxygens (including phenoxy) is 1. The van der Waals surface area contributed by atoms with Gasteiger partial charge in [0.1, 0.15) is 11.8 Å². The highest BCUT2D eigenvalue weighted by Gasteiger charge is 2.12. The second-order valence-electron chi connectivity index (χ2n) is 5.33. The summed E-state index contributed by atoms with van der Waals surface area (Å²) in [5, 5.41) is 0. The number of aromatic nitrogens is 4. The number of fused-ring (bicyclic) bond motifs is 1. The van der Waals surface area contributed by atoms with Crippen LogP contribution in [0.5, 0.6) is 0 Å². The van der Waals surface area contributed by atoms with Gasteiger partial charge in [-0.3, -0.25) is 0 Å². The molecule has 0 radical (unpaired) electrons. The smallest absolute Gasteiger partial charge is 0.184 e. The Balaban J connectivity index is 1.65. The summed E-state index contributed by atoms with van der Waals surface area (Å²) in [6.07, 6.45) is 3.10. The van der Waals surface area contributed by atoms with Crippen molar-refractivity contribution < 1.29 is 4.74 Å². The summed E-state index contributed by atoms with van der Waals surface area (Å²) in [5.41, 5.74) is 9.77. The maximum atomic E-state index is 5.78. The molecule has 0 amide bonds. The van der Waals surface area contributed by atoms with Crippen LogP contribution in [0.3, 0.4) is 0 Å². The topological polar surface area (TPSA) is 90.0 Å². The first-order chi connectivity index (χ1) is 11.3. The molecule has 1 saturated heterocycles. The highest BCUT2D eigenvalue weighted by atomic mass is 16.5. The number of rotatable bonds is 2. The first-order valence-electron chi connectivity index (χ1n) is 7.47. The Morgan fingerprint density at radius 1 is 1.00 bits per heavy atom. The number of benzene rings is 1. The summed E-state index contributed by atoms with van der Waals surface area (Å²) in [6.45, 7) is 3.40. The minimum Gasteiger partial charge on any atom is -0.382 e. The molecule has 1 aromatic carbocycles. The van der Waals surface area contributed by atoms with E-state index in [1.165, 1.54) is 12.0 Å². The van der Waals surface area contributed by atoms with Crippen LogP contribution in [0.2, 0.25) is 0 Å². The Morgan fingerprint density at radius 2 is 1.78 bits per heavy atom. The van der Waals surface area contributed by atoms with Crippen molar-refractivity contribution in [3.63, 3.8) is 0 Å². The lowest BCUT2D eigenvalue weighted by atomic mass is 10.1. The van der Waals surface area contributed by atoms with Crippen LogP contribution in [0.15, 0.2) is 36.8 Å². The Labute approximate surface area is 133 Å². The van der Waals surface area contributed by atoms with Crippen LogP contribution in [0.1, 0.15) is 0 Å². The molecule has 7 nitrogen and oxygen atoms in total. The van der Waals surface area contributed by atoms with E-state index in [1.54, 1.807) is 6.20 Å². The first kappa shape index (κ1) is 13.8. The molecule has 1 fully saturated rings. The normalized spacial score (nSPS) is 15.0. The average molecular weight is 308 g/mol. The maximum absolute atomic E-state index is 5.78. The van der Waals surface area contributed by atoms with Gasteiger partial charge in [0.05, 0.1) is 25.1 Å². The Bertz CT molecular complexity index is 830. The monoisotopic (exact) mass is 308 g/mol. The summed E-state index contributed by atoms with van der Waals surface area (Å²) in [4.78, 5) is 19.2. The van der Waals surface area contributed by atoms with Crippen molar-refractivity contribution in [3.05, 3.63) is 36.8 Å². The SMILES string of the molecule is Nc1ncnc2nc(-c3ccc(N4CCOCC4)cc3)cnc12. The van der Waals surface area contributed by atoms with Gasteiger partial charge in [0.15, 0.2) is 11.5 Å². The Kier molecular flexibility index (Phi) is 3.47. The van der Waals surface area contributed by atoms with Gasteiger partial charge in [-0.15, -0.1) is 0 Å². The molecule has 3 heterocycles. The summed E-state index contributed by atoms with van der Waals surface area (Å²) < 4.78 is 5.38. The van der Waals surface area contributed by atoms with Crippen molar-refractivity contribution >= 4 is 22.7 Å². The number of hydrogen-bond acceptors (Lipinski definition) is 7. The maximum Gasteiger partial charge on any atom is 0.184 e. The molecule has 0 bridgehead atoms. The van der Waals surface area contributed by atoms with Crippen LogP contribution in [0, 0.1) is 0 Å². The van der Waals surface area contributed by atoms with Gasteiger partial charge in [-0.1, -0.05) is 12.1 Å². The molecule has 3 aromatic rings. The summed E-state index contributed by atoms with van der Waals surface area (Å²) in [7, 11) is 0. The molecule has 0 atom stereocenters. The molecule has 2 N–H and O–H groups in total. The molecule has 23 heavy (non-hydrogen) atoms. The molecule has 4 rings (SSSR count). The zero-order valence-electron chi connectivity index (χ0n) is 12.5. The van der Waals surface area contributed by atoms with Crippen LogP contribution >= 0.6 is 0 Å². The fourth-order valence-corrected chi connectivity index (χ4v) is 2.66. The van der Waals surface area contributed by atoms with Crippen molar-refractivity contribution in [3.8, 4) is 11.3 Å². The number of morpholine rings is 1. The zero-order valence-corrected chi connectivity index (χ0v) is 12.5. The number of nitrogens with two attached hydrogens (primary N) is 1. The molecule has 1 aliphatic heterocycles. The van der Waals surface area contributed by atoms with Gasteiger partial charge in [0, 0.05) is 24.3 Å². The summed E-state index contributed by atoms with van der Waals surface area (Å²) >= 11 is 0. The largest absolute Gasteiger partial charge is 0.382 e. The van der Waals surface area contributed by atoms with Crippen molar-refractivity contribution in [1.82, 2.24) is 19.9 Å². The number of nitrogen functional groups attached to an aromatic ring is 1. The van der Waals surface area contributed by atoms with E-state index >= 15 is 0 Å². The van der Waals surface area contributed by atoms with Crippen LogP contribution in [0.25, 0.3) is 22.4 Å². The van der Waals surface area contributed by atoms with E-state index in [0.29, 0.717) is 17.0 Å². The minimum atomic E-state index is 0.344. The summed E-state index contributed by atoms with van der Waals surface area (Å²) in [6, 6.07) is 8.29. The van der Waals surface area contributed by atoms with E-state index in [2.05, 4.69) is 37.0 Å². The predicted octanol–water partition coefficient (Wildman–Crippen LogP) is 1.51. The summed E-state index contributed by atoms with van der Waals surface area (Å²) in [5.74, 6) is 0.344. The Hall–Kier alpha value is -2.80. The van der Waals surface area contributed by atoms with E-state index in [4.69, 9.17) is 10.5 Å². The lowest BCUT2D eigenvalue weighted by Crippen LogP contribution is -2.36. The molecule has 0 saturated carbocycles. The van der Waals surface area contributed by atoms with Gasteiger partial charge in [-0.2, -0.15) is 0 Å². The van der Waals surface area contributed by atoms with E-state index in [9.17, 15) is 0 Å². The third-order valence-electron chi connectivity index (χ3n) is 3.91. The number of nitrogens with zero attached hydrogens (tertiary/aromatic N) is 5. The number of hydrogen-bond donors (Lipinski definition) is 1. The van der Waals surface area contributed by atoms with Gasteiger partial charge >= 0.3 is 0 Å². The van der Waals surface area contributed by atoms with Crippen LogP contribution in [-0.4, -0.2) is 46.2 Å². The molecule has 0 spiro atoms. The van der Waals surface area contributed by atoms with Crippen LogP contribution < -0.4 is 10.6 Å². The molecule has 0 aliphatic carbocycles. The predicted molar refractivity (Wildman–Crippen MR) is 88.0 cm³/mol. The second-order valence-corrected chi connectivity index (χ2v) is 5.33. The molecular weight excluding hydrogens is 292 g/mol. The van der Waals surface area contributed by atoms with Gasteiger partial charge in [-0.25, -0.2) is 19.9 Å². The fraction of sp³-hybridized carbons (Fsp3) is 0.250. The van der Waals surface area contributed by atoms with Gasteiger partial charge in [-0.05, 0) is 12.1 Å². The van der Waals surface area contributed by atoms with Crippen LogP contribution in [0.4, 0.5) is 11.5 Å². The standard InChI is InChI=1S/C16H16N6O/c17-15-14-16(20-10-19-15)21-13(9-18-14)11-1-3-12(4-2-11)22-5-7-23-8-6-22/h1-4,9-10H,5-8H2,(H2,17,19,20,21). The molecule has 116 valence electrons. The minimum absolute atomic E-state index is 0.344. The molecule has 2 aromatic heterocycles. The van der Waals surface area contributed by atoms with Gasteiger partial charge < -0.3 is 15.4 Å². The van der Waals surface area contributed by atoms with E-state index in [0.717, 1.165) is 37.6 Å². The quantitative estimate of drug-likeness (QED) is 0.767. The van der Waals surface area contributed by atoms with Crippen LogP contribution in [-0.2, 0) is 4.74 Å². The first-order valence-corrected chi connectivity index (χ1v) is 7.47. The molecular formula is C16H16N6O. The highest BCUT2D eigenvalue weighted by Crippen LogP contribution is 2.23. The van der Waals surface area contributed by atoms with E-state index in [-0.39, 0.29) is 0 Å². The van der Waals surface area contributed by atoms with Crippen molar-refractivity contribution in [1.29, 1.82) is 0 Å².